The van der Waals surface area contributed by atoms with E-state index in [1.54, 1.807) is 35.0 Å². The van der Waals surface area contributed by atoms with E-state index < -0.39 is 11.9 Å². The van der Waals surface area contributed by atoms with E-state index in [4.69, 9.17) is 0 Å². The van der Waals surface area contributed by atoms with Gasteiger partial charge in [0.05, 0.1) is 11.4 Å². The second-order valence-corrected chi connectivity index (χ2v) is 4.28. The number of fused-ring (bicyclic) bond motifs is 1. The topological polar surface area (TPSA) is 55.1 Å². The van der Waals surface area contributed by atoms with E-state index in [1.807, 2.05) is 0 Å². The van der Waals surface area contributed by atoms with Crippen molar-refractivity contribution in [2.24, 2.45) is 0 Å². The quantitative estimate of drug-likeness (QED) is 0.789. The zero-order valence-corrected chi connectivity index (χ0v) is 10.9. The van der Waals surface area contributed by atoms with Gasteiger partial charge in [0.25, 0.3) is 0 Å². The van der Waals surface area contributed by atoms with E-state index in [0.29, 0.717) is 11.3 Å². The Morgan fingerprint density at radius 1 is 1.19 bits per heavy atom. The predicted octanol–water partition coefficient (Wildman–Crippen LogP) is 2.85. The van der Waals surface area contributed by atoms with Crippen LogP contribution in [0.1, 0.15) is 5.69 Å². The van der Waals surface area contributed by atoms with Gasteiger partial charge in [-0.3, -0.25) is 4.40 Å². The van der Waals surface area contributed by atoms with Crippen molar-refractivity contribution in [1.82, 2.24) is 19.4 Å². The highest BCUT2D eigenvalue weighted by Crippen LogP contribution is 2.31. The number of halogens is 3. The molecule has 0 saturated heterocycles. The van der Waals surface area contributed by atoms with Crippen LogP contribution in [0.4, 0.5) is 19.1 Å². The van der Waals surface area contributed by atoms with Gasteiger partial charge in [0.1, 0.15) is 5.65 Å². The maximum Gasteiger partial charge on any atom is 0.433 e. The third kappa shape index (κ3) is 2.39. The summed E-state index contributed by atoms with van der Waals surface area (Å²) in [5, 5.41) is 2.54. The molecule has 0 fully saturated rings. The van der Waals surface area contributed by atoms with Gasteiger partial charge in [-0.2, -0.15) is 13.2 Å². The molecule has 1 N–H and O–H groups in total. The lowest BCUT2D eigenvalue weighted by Crippen LogP contribution is -2.11. The first kappa shape index (κ1) is 13.3. The Morgan fingerprint density at radius 2 is 2.00 bits per heavy atom. The minimum atomic E-state index is -4.54. The van der Waals surface area contributed by atoms with Crippen LogP contribution < -0.4 is 5.32 Å². The van der Waals surface area contributed by atoms with Crippen LogP contribution in [0.25, 0.3) is 17.0 Å². The molecule has 5 nitrogen and oxygen atoms in total. The normalized spacial score (nSPS) is 11.8. The van der Waals surface area contributed by atoms with Crippen molar-refractivity contribution in [1.29, 1.82) is 0 Å². The Labute approximate surface area is 117 Å². The highest BCUT2D eigenvalue weighted by atomic mass is 19.4. The zero-order valence-electron chi connectivity index (χ0n) is 10.9. The average Bonchev–Trinajstić information content (AvgIpc) is 2.94. The van der Waals surface area contributed by atoms with E-state index in [0.717, 1.165) is 6.07 Å². The molecule has 0 aliphatic carbocycles. The van der Waals surface area contributed by atoms with Gasteiger partial charge in [0.15, 0.2) is 5.69 Å². The molecule has 3 rings (SSSR count). The number of hydrogen-bond acceptors (Lipinski definition) is 4. The fourth-order valence-electron chi connectivity index (χ4n) is 1.99. The maximum atomic E-state index is 12.9. The number of pyridine rings is 1. The monoisotopic (exact) mass is 293 g/mol. The maximum absolute atomic E-state index is 12.9. The van der Waals surface area contributed by atoms with Crippen LogP contribution in [0, 0.1) is 0 Å². The van der Waals surface area contributed by atoms with Gasteiger partial charge in [0.2, 0.25) is 5.95 Å². The second-order valence-electron chi connectivity index (χ2n) is 4.28. The second kappa shape index (κ2) is 4.72. The number of hydrogen-bond donors (Lipinski definition) is 1. The highest BCUT2D eigenvalue weighted by Gasteiger charge is 2.33. The lowest BCUT2D eigenvalue weighted by atomic mass is 10.2. The Balaban J connectivity index is 2.24. The number of rotatable bonds is 2. The summed E-state index contributed by atoms with van der Waals surface area (Å²) in [6.45, 7) is 0. The van der Waals surface area contributed by atoms with Crippen molar-refractivity contribution >= 4 is 11.6 Å². The summed E-state index contributed by atoms with van der Waals surface area (Å²) in [7, 11) is 1.47. The number of aromatic nitrogens is 4. The van der Waals surface area contributed by atoms with Crippen LogP contribution in [0.2, 0.25) is 0 Å². The first-order valence-corrected chi connectivity index (χ1v) is 6.05. The van der Waals surface area contributed by atoms with Crippen molar-refractivity contribution in [3.63, 3.8) is 0 Å². The van der Waals surface area contributed by atoms with Crippen molar-refractivity contribution < 1.29 is 13.2 Å². The Kier molecular flexibility index (Phi) is 3.00. The number of nitrogens with zero attached hydrogens (tertiary/aromatic N) is 4. The molecule has 108 valence electrons. The third-order valence-electron chi connectivity index (χ3n) is 2.93. The number of nitrogens with one attached hydrogen (secondary N) is 1. The molecule has 8 heteroatoms. The summed E-state index contributed by atoms with van der Waals surface area (Å²) >= 11 is 0. The molecule has 0 atom stereocenters. The number of alkyl halides is 3. The predicted molar refractivity (Wildman–Crippen MR) is 70.8 cm³/mol. The highest BCUT2D eigenvalue weighted by molar-refractivity contribution is 5.61. The summed E-state index contributed by atoms with van der Waals surface area (Å²) in [6, 6.07) is 6.08. The summed E-state index contributed by atoms with van der Waals surface area (Å²) in [6.07, 6.45) is -1.30. The first-order valence-electron chi connectivity index (χ1n) is 6.05. The van der Waals surface area contributed by atoms with Crippen molar-refractivity contribution in [2.75, 3.05) is 12.4 Å². The average molecular weight is 293 g/mol. The molecule has 0 radical (unpaired) electrons. The molecule has 0 aromatic carbocycles. The van der Waals surface area contributed by atoms with Crippen LogP contribution >= 0.6 is 0 Å². The minimum Gasteiger partial charge on any atom is -0.357 e. The molecule has 0 spiro atoms. The lowest BCUT2D eigenvalue weighted by Gasteiger charge is -2.11. The van der Waals surface area contributed by atoms with E-state index in [9.17, 15) is 13.2 Å². The van der Waals surface area contributed by atoms with Gasteiger partial charge in [-0.25, -0.2) is 15.0 Å². The Morgan fingerprint density at radius 3 is 2.71 bits per heavy atom. The van der Waals surface area contributed by atoms with Crippen molar-refractivity contribution in [3.8, 4) is 11.4 Å². The molecule has 3 aromatic rings. The standard InChI is InChI=1S/C13H10F3N5/c1-17-12-19-8(7-10(20-12)13(14,15)16)9-3-2-4-11-18-5-6-21(9)11/h2-7H,1H3,(H,17,19,20). The summed E-state index contributed by atoms with van der Waals surface area (Å²) in [5.41, 5.74) is 0.319. The van der Waals surface area contributed by atoms with Crippen LogP contribution in [0.15, 0.2) is 36.7 Å². The number of imidazole rings is 1. The first-order chi connectivity index (χ1) is 9.99. The fraction of sp³-hybridized carbons (Fsp3) is 0.154. The van der Waals surface area contributed by atoms with Crippen LogP contribution in [0.3, 0.4) is 0 Å². The Hall–Kier alpha value is -2.64. The molecule has 0 amide bonds. The summed E-state index contributed by atoms with van der Waals surface area (Å²) in [4.78, 5) is 11.6. The molecule has 0 unspecified atom stereocenters. The molecular formula is C13H10F3N5. The third-order valence-corrected chi connectivity index (χ3v) is 2.93. The van der Waals surface area contributed by atoms with E-state index in [2.05, 4.69) is 20.3 Å². The van der Waals surface area contributed by atoms with Crippen molar-refractivity contribution in [3.05, 3.63) is 42.4 Å². The van der Waals surface area contributed by atoms with Gasteiger partial charge in [-0.05, 0) is 18.2 Å². The van der Waals surface area contributed by atoms with Crippen LogP contribution in [0.5, 0.6) is 0 Å². The van der Waals surface area contributed by atoms with Gasteiger partial charge >= 0.3 is 6.18 Å². The van der Waals surface area contributed by atoms with E-state index >= 15 is 0 Å². The van der Waals surface area contributed by atoms with Gasteiger partial charge in [-0.15, -0.1) is 0 Å². The molecule has 0 aliphatic heterocycles. The largest absolute Gasteiger partial charge is 0.433 e. The van der Waals surface area contributed by atoms with Crippen LogP contribution in [-0.4, -0.2) is 26.4 Å². The molecule has 0 aliphatic rings. The SMILES string of the molecule is CNc1nc(-c2cccc3nccn23)cc(C(F)(F)F)n1. The van der Waals surface area contributed by atoms with Gasteiger partial charge < -0.3 is 5.32 Å². The number of anilines is 1. The molecule has 0 saturated carbocycles. The molecule has 0 bridgehead atoms. The molecule has 21 heavy (non-hydrogen) atoms. The van der Waals surface area contributed by atoms with E-state index in [-0.39, 0.29) is 11.6 Å². The molecule has 3 aromatic heterocycles. The summed E-state index contributed by atoms with van der Waals surface area (Å²) < 4.78 is 40.4. The Bertz CT molecular complexity index is 794. The van der Waals surface area contributed by atoms with Gasteiger partial charge in [-0.1, -0.05) is 6.07 Å². The summed E-state index contributed by atoms with van der Waals surface area (Å²) in [5.74, 6) is -0.0862. The lowest BCUT2D eigenvalue weighted by molar-refractivity contribution is -0.141. The van der Waals surface area contributed by atoms with Crippen molar-refractivity contribution in [2.45, 2.75) is 6.18 Å². The fourth-order valence-corrected chi connectivity index (χ4v) is 1.99. The molecular weight excluding hydrogens is 283 g/mol. The van der Waals surface area contributed by atoms with Crippen LogP contribution in [-0.2, 0) is 6.18 Å². The zero-order chi connectivity index (χ0) is 15.0. The molecule has 3 heterocycles. The van der Waals surface area contributed by atoms with E-state index in [1.165, 1.54) is 7.05 Å². The van der Waals surface area contributed by atoms with Gasteiger partial charge in [0, 0.05) is 19.4 Å². The smallest absolute Gasteiger partial charge is 0.357 e. The minimum absolute atomic E-state index is 0.0862.